The smallest absolute Gasteiger partial charge is 0.354 e. The number of nitrogens with zero attached hydrogens (tertiary/aromatic N) is 4. The summed E-state index contributed by atoms with van der Waals surface area (Å²) in [5, 5.41) is 19.1. The highest BCUT2D eigenvalue weighted by Gasteiger charge is 2.23. The molecule has 0 aliphatic rings. The maximum atomic E-state index is 12.6. The Hall–Kier alpha value is -4.35. The number of ether oxygens (including phenoxy) is 1. The molecule has 0 aliphatic carbocycles. The number of primary amides is 1. The fourth-order valence-corrected chi connectivity index (χ4v) is 2.98. The zero-order valence-corrected chi connectivity index (χ0v) is 18.4. The molecule has 0 bridgehead atoms. The average molecular weight is 454 g/mol. The van der Waals surface area contributed by atoms with Crippen molar-refractivity contribution in [2.24, 2.45) is 5.73 Å². The largest absolute Gasteiger partial charge is 0.477 e. The van der Waals surface area contributed by atoms with Gasteiger partial charge in [-0.3, -0.25) is 9.59 Å². The third-order valence-electron chi connectivity index (χ3n) is 4.42. The molecule has 3 rings (SSSR count). The third kappa shape index (κ3) is 5.11. The van der Waals surface area contributed by atoms with E-state index in [9.17, 15) is 24.3 Å². The second kappa shape index (κ2) is 8.65. The Balaban J connectivity index is 1.81. The van der Waals surface area contributed by atoms with E-state index in [1.54, 1.807) is 45.9 Å². The summed E-state index contributed by atoms with van der Waals surface area (Å²) in [5.74, 6) is -3.50. The van der Waals surface area contributed by atoms with Crippen LogP contribution < -0.4 is 11.1 Å². The van der Waals surface area contributed by atoms with Crippen molar-refractivity contribution in [3.05, 3.63) is 58.0 Å². The highest BCUT2D eigenvalue weighted by Crippen LogP contribution is 2.17. The number of hydrogen-bond acceptors (Lipinski definition) is 8. The van der Waals surface area contributed by atoms with Crippen LogP contribution in [0.15, 0.2) is 24.3 Å². The minimum absolute atomic E-state index is 0.0731. The topological polar surface area (TPSA) is 179 Å². The summed E-state index contributed by atoms with van der Waals surface area (Å²) >= 11 is 0. The van der Waals surface area contributed by atoms with Gasteiger partial charge in [0.1, 0.15) is 11.3 Å². The summed E-state index contributed by atoms with van der Waals surface area (Å²) < 4.78 is 6.19. The number of fused-ring (bicyclic) bond motifs is 1. The van der Waals surface area contributed by atoms with E-state index in [2.05, 4.69) is 20.6 Å². The van der Waals surface area contributed by atoms with Crippen molar-refractivity contribution in [1.29, 1.82) is 0 Å². The van der Waals surface area contributed by atoms with E-state index < -0.39 is 35.0 Å². The third-order valence-corrected chi connectivity index (χ3v) is 4.42. The number of nitrogens with one attached hydrogen (secondary N) is 1. The van der Waals surface area contributed by atoms with Crippen LogP contribution in [-0.2, 0) is 11.3 Å². The molecule has 12 nitrogen and oxygen atoms in total. The molecule has 0 fully saturated rings. The fraction of sp³-hybridized carbons (Fsp3) is 0.286. The number of aryl methyl sites for hydroxylation is 1. The lowest BCUT2D eigenvalue weighted by Gasteiger charge is -2.20. The van der Waals surface area contributed by atoms with Gasteiger partial charge in [-0.2, -0.15) is 4.52 Å². The van der Waals surface area contributed by atoms with Crippen LogP contribution in [0, 0.1) is 6.92 Å². The monoisotopic (exact) mass is 454 g/mol. The summed E-state index contributed by atoms with van der Waals surface area (Å²) in [6, 6.07) is 6.01. The molecular weight excluding hydrogens is 432 g/mol. The van der Waals surface area contributed by atoms with Gasteiger partial charge in [-0.05, 0) is 44.9 Å². The van der Waals surface area contributed by atoms with Crippen LogP contribution in [-0.4, -0.2) is 54.3 Å². The molecule has 172 valence electrons. The minimum Gasteiger partial charge on any atom is -0.477 e. The number of aromatic carboxylic acids is 1. The minimum atomic E-state index is -1.40. The number of amides is 2. The standard InChI is InChI=1S/C21H22N6O6/c1-10-7-11(5-6-12(10)20(32)33-21(2,3)4)9-23-18(29)13-8-14(19(30)31)27-17(24-13)15(16(22)28)25-26-27/h5-8H,9H2,1-4H3,(H2,22,28)(H,23,29)(H,30,31). The van der Waals surface area contributed by atoms with Crippen molar-refractivity contribution >= 4 is 29.4 Å². The van der Waals surface area contributed by atoms with Gasteiger partial charge in [0.15, 0.2) is 17.0 Å². The van der Waals surface area contributed by atoms with Gasteiger partial charge in [-0.25, -0.2) is 14.6 Å². The van der Waals surface area contributed by atoms with Crippen molar-refractivity contribution in [3.63, 3.8) is 0 Å². The molecule has 1 aromatic carbocycles. The first kappa shape index (κ1) is 23.3. The Kier molecular flexibility index (Phi) is 6.11. The van der Waals surface area contributed by atoms with Gasteiger partial charge in [0, 0.05) is 12.6 Å². The maximum Gasteiger partial charge on any atom is 0.354 e. The lowest BCUT2D eigenvalue weighted by molar-refractivity contribution is 0.00683. The highest BCUT2D eigenvalue weighted by molar-refractivity contribution is 6.00. The van der Waals surface area contributed by atoms with Crippen molar-refractivity contribution in [1.82, 2.24) is 25.1 Å². The molecule has 2 heterocycles. The number of hydrogen-bond donors (Lipinski definition) is 3. The number of nitrogens with two attached hydrogens (primary N) is 1. The number of rotatable bonds is 6. The van der Waals surface area contributed by atoms with E-state index in [-0.39, 0.29) is 23.6 Å². The van der Waals surface area contributed by atoms with Crippen molar-refractivity contribution < 1.29 is 29.0 Å². The summed E-state index contributed by atoms with van der Waals surface area (Å²) in [6.07, 6.45) is 0. The Bertz CT molecular complexity index is 1290. The predicted octanol–water partition coefficient (Wildman–Crippen LogP) is 1.12. The number of esters is 1. The van der Waals surface area contributed by atoms with E-state index in [1.165, 1.54) is 0 Å². The summed E-state index contributed by atoms with van der Waals surface area (Å²) in [5.41, 5.74) is 5.08. The van der Waals surface area contributed by atoms with Crippen molar-refractivity contribution in [2.75, 3.05) is 0 Å². The van der Waals surface area contributed by atoms with Gasteiger partial charge in [0.05, 0.1) is 5.56 Å². The van der Waals surface area contributed by atoms with Crippen LogP contribution in [0.1, 0.15) is 73.7 Å². The van der Waals surface area contributed by atoms with E-state index in [0.29, 0.717) is 16.7 Å². The van der Waals surface area contributed by atoms with Crippen molar-refractivity contribution in [2.45, 2.75) is 39.8 Å². The van der Waals surface area contributed by atoms with Gasteiger partial charge in [-0.1, -0.05) is 17.3 Å². The maximum absolute atomic E-state index is 12.6. The van der Waals surface area contributed by atoms with Crippen LogP contribution in [0.3, 0.4) is 0 Å². The average Bonchev–Trinajstić information content (AvgIpc) is 3.14. The zero-order valence-electron chi connectivity index (χ0n) is 18.4. The molecule has 12 heteroatoms. The van der Waals surface area contributed by atoms with Crippen LogP contribution in [0.2, 0.25) is 0 Å². The number of carbonyl (C=O) groups excluding carboxylic acids is 3. The molecule has 0 spiro atoms. The summed E-state index contributed by atoms with van der Waals surface area (Å²) in [4.78, 5) is 52.0. The summed E-state index contributed by atoms with van der Waals surface area (Å²) in [6.45, 7) is 7.15. The molecule has 4 N–H and O–H groups in total. The molecule has 3 aromatic rings. The molecular formula is C21H22N6O6. The van der Waals surface area contributed by atoms with Gasteiger partial charge in [0.2, 0.25) is 0 Å². The van der Waals surface area contributed by atoms with Gasteiger partial charge >= 0.3 is 11.9 Å². The van der Waals surface area contributed by atoms with Gasteiger partial charge in [0.25, 0.3) is 11.8 Å². The van der Waals surface area contributed by atoms with Crippen LogP contribution in [0.25, 0.3) is 5.65 Å². The molecule has 0 saturated carbocycles. The van der Waals surface area contributed by atoms with Crippen molar-refractivity contribution in [3.8, 4) is 0 Å². The number of aromatic nitrogens is 4. The first-order chi connectivity index (χ1) is 15.4. The quantitative estimate of drug-likeness (QED) is 0.460. The SMILES string of the molecule is Cc1cc(CNC(=O)c2cc(C(=O)O)n3nnc(C(N)=O)c3n2)ccc1C(=O)OC(C)(C)C. The Morgan fingerprint density at radius 3 is 2.45 bits per heavy atom. The van der Waals surface area contributed by atoms with E-state index in [4.69, 9.17) is 10.5 Å². The number of benzene rings is 1. The molecule has 0 radical (unpaired) electrons. The van der Waals surface area contributed by atoms with E-state index >= 15 is 0 Å². The van der Waals surface area contributed by atoms with Crippen LogP contribution in [0.5, 0.6) is 0 Å². The van der Waals surface area contributed by atoms with Gasteiger partial charge < -0.3 is 20.9 Å². The number of carbonyl (C=O) groups is 4. The lowest BCUT2D eigenvalue weighted by atomic mass is 10.0. The molecule has 0 saturated heterocycles. The first-order valence-electron chi connectivity index (χ1n) is 9.78. The normalized spacial score (nSPS) is 11.3. The zero-order chi connectivity index (χ0) is 24.5. The molecule has 0 atom stereocenters. The Morgan fingerprint density at radius 1 is 1.18 bits per heavy atom. The number of carboxylic acids is 1. The predicted molar refractivity (Wildman–Crippen MR) is 114 cm³/mol. The van der Waals surface area contributed by atoms with Gasteiger partial charge in [-0.15, -0.1) is 5.10 Å². The lowest BCUT2D eigenvalue weighted by Crippen LogP contribution is -2.26. The molecule has 2 amide bonds. The molecule has 2 aromatic heterocycles. The second-order valence-corrected chi connectivity index (χ2v) is 8.20. The van der Waals surface area contributed by atoms with E-state index in [1.807, 2.05) is 0 Å². The molecule has 0 unspecified atom stereocenters. The Morgan fingerprint density at radius 2 is 1.88 bits per heavy atom. The first-order valence-corrected chi connectivity index (χ1v) is 9.78. The molecule has 0 aliphatic heterocycles. The number of carboxylic acid groups (broad SMARTS) is 1. The van der Waals surface area contributed by atoms with Crippen LogP contribution >= 0.6 is 0 Å². The fourth-order valence-electron chi connectivity index (χ4n) is 2.98. The van der Waals surface area contributed by atoms with E-state index in [0.717, 1.165) is 10.6 Å². The van der Waals surface area contributed by atoms with Crippen LogP contribution in [0.4, 0.5) is 0 Å². The highest BCUT2D eigenvalue weighted by atomic mass is 16.6. The summed E-state index contributed by atoms with van der Waals surface area (Å²) in [7, 11) is 0. The molecule has 33 heavy (non-hydrogen) atoms. The second-order valence-electron chi connectivity index (χ2n) is 8.20. The Labute approximate surface area is 187 Å².